The van der Waals surface area contributed by atoms with Crippen LogP contribution in [0.25, 0.3) is 0 Å². The molecule has 33 valence electrons. The van der Waals surface area contributed by atoms with Crippen LogP contribution in [-0.2, 0) is 16.8 Å². The third-order valence-electron chi connectivity index (χ3n) is 0. The van der Waals surface area contributed by atoms with E-state index in [1.807, 2.05) is 0 Å². The molecule has 5 heteroatoms. The molecule has 0 atom stereocenters. The molecule has 0 fully saturated rings. The Morgan fingerprint density at radius 1 is 1.20 bits per heavy atom. The van der Waals surface area contributed by atoms with Crippen molar-refractivity contribution in [2.24, 2.45) is 0 Å². The second-order valence-corrected chi connectivity index (χ2v) is 0.671. The molecule has 0 aromatic rings. The topological polar surface area (TPSA) is 69.2 Å². The monoisotopic (exact) mass is 139 g/mol. The van der Waals surface area contributed by atoms with E-state index in [-0.39, 0.29) is 18.2 Å². The van der Waals surface area contributed by atoms with Gasteiger partial charge < -0.3 is 23.3 Å². The summed E-state index contributed by atoms with van der Waals surface area (Å²) in [6, 6.07) is 0. The van der Waals surface area contributed by atoms with E-state index in [1.165, 1.54) is 0 Å². The summed E-state index contributed by atoms with van der Waals surface area (Å²) in [5, 5.41) is 0. The largest absolute Gasteiger partial charge is 2.00 e. The van der Waals surface area contributed by atoms with Gasteiger partial charge in [0.1, 0.15) is 0 Å². The van der Waals surface area contributed by atoms with Crippen molar-refractivity contribution < 1.29 is 32.9 Å². The molecule has 0 aliphatic carbocycles. The van der Waals surface area contributed by atoms with E-state index in [9.17, 15) is 0 Å². The van der Waals surface area contributed by atoms with Gasteiger partial charge in [-0.2, -0.15) is 0 Å². The van der Waals surface area contributed by atoms with Crippen molar-refractivity contribution in [1.82, 2.24) is 0 Å². The Kier molecular flexibility index (Phi) is 8.92. The molecule has 0 bridgehead atoms. The third kappa shape index (κ3) is 57.3. The third-order valence-corrected chi connectivity index (χ3v) is 0. The Labute approximate surface area is 42.3 Å². The molecular formula is HCoO3P. The fraction of sp³-hybridized carbons (Fsp3) is 0. The molecule has 0 saturated carbocycles. The van der Waals surface area contributed by atoms with Crippen LogP contribution < -0.4 is 14.7 Å². The van der Waals surface area contributed by atoms with Crippen LogP contribution in [0.2, 0.25) is 0 Å². The van der Waals surface area contributed by atoms with Crippen LogP contribution in [0.1, 0.15) is 1.43 Å². The van der Waals surface area contributed by atoms with Crippen molar-refractivity contribution in [2.45, 2.75) is 0 Å². The Morgan fingerprint density at radius 3 is 1.20 bits per heavy atom. The second-order valence-electron chi connectivity index (χ2n) is 0.224. The van der Waals surface area contributed by atoms with Crippen LogP contribution in [0.4, 0.5) is 0 Å². The van der Waals surface area contributed by atoms with Crippen LogP contribution in [0, 0.1) is 0 Å². The first-order chi connectivity index (χ1) is 1.73. The predicted octanol–water partition coefficient (Wildman–Crippen LogP) is -2.60. The molecule has 0 heterocycles. The minimum Gasteiger partial charge on any atom is -0.854 e. The standard InChI is InChI=1S/Co.O3P/c;1-4(2)3/q+2;-3/p+1. The van der Waals surface area contributed by atoms with Gasteiger partial charge in [0, 0.05) is 0 Å². The molecule has 0 amide bonds. The quantitative estimate of drug-likeness (QED) is 0.345. The van der Waals surface area contributed by atoms with Crippen molar-refractivity contribution >= 4 is 8.60 Å². The van der Waals surface area contributed by atoms with Gasteiger partial charge in [-0.1, -0.05) is 0 Å². The van der Waals surface area contributed by atoms with E-state index in [1.54, 1.807) is 0 Å². The molecule has 1 radical (unpaired) electrons. The summed E-state index contributed by atoms with van der Waals surface area (Å²) < 4.78 is 0. The van der Waals surface area contributed by atoms with Crippen molar-refractivity contribution in [3.05, 3.63) is 0 Å². The summed E-state index contributed by atoms with van der Waals surface area (Å²) in [6.45, 7) is 0. The number of rotatable bonds is 0. The Hall–Kier alpha value is 0.816. The molecule has 0 spiro atoms. The first-order valence-corrected chi connectivity index (χ1v) is 1.64. The second kappa shape index (κ2) is 4.82. The van der Waals surface area contributed by atoms with Gasteiger partial charge in [-0.15, -0.1) is 0 Å². The van der Waals surface area contributed by atoms with E-state index in [0.717, 1.165) is 0 Å². The summed E-state index contributed by atoms with van der Waals surface area (Å²) in [6.07, 6.45) is 0. The van der Waals surface area contributed by atoms with Gasteiger partial charge in [0.2, 0.25) is 0 Å². The van der Waals surface area contributed by atoms with Crippen molar-refractivity contribution in [2.75, 3.05) is 0 Å². The first-order valence-electron chi connectivity index (χ1n) is 0.548. The molecule has 5 heavy (non-hydrogen) atoms. The van der Waals surface area contributed by atoms with E-state index in [2.05, 4.69) is 0 Å². The van der Waals surface area contributed by atoms with E-state index in [0.29, 0.717) is 0 Å². The van der Waals surface area contributed by atoms with Gasteiger partial charge in [0.05, 0.1) is 0 Å². The summed E-state index contributed by atoms with van der Waals surface area (Å²) in [4.78, 5) is 25.4. The van der Waals surface area contributed by atoms with Crippen molar-refractivity contribution in [3.8, 4) is 0 Å². The molecule has 0 N–H and O–H groups in total. The Morgan fingerprint density at radius 2 is 1.20 bits per heavy atom. The zero-order valence-corrected chi connectivity index (χ0v) is 3.94. The maximum atomic E-state index is 8.48. The summed E-state index contributed by atoms with van der Waals surface area (Å²) in [5.74, 6) is 0. The average Bonchev–Trinajstić information content (AvgIpc) is 0.811. The molecule has 0 aromatic heterocycles. The molecule has 3 nitrogen and oxygen atoms in total. The minimum atomic E-state index is -3.37. The fourth-order valence-electron chi connectivity index (χ4n) is 0. The Balaban J connectivity index is -0.0000000450. The van der Waals surface area contributed by atoms with Crippen molar-refractivity contribution in [1.29, 1.82) is 0 Å². The molecule has 0 saturated heterocycles. The molecule has 0 unspecified atom stereocenters. The predicted molar refractivity (Wildman–Crippen MR) is 8.03 cm³/mol. The van der Waals surface area contributed by atoms with Gasteiger partial charge in [-0.3, -0.25) is 0 Å². The molecular weight excluding hydrogens is 138 g/mol. The van der Waals surface area contributed by atoms with E-state index >= 15 is 0 Å². The van der Waals surface area contributed by atoms with Crippen molar-refractivity contribution in [3.63, 3.8) is 0 Å². The molecule has 0 aromatic carbocycles. The summed E-state index contributed by atoms with van der Waals surface area (Å²) in [7, 11) is -3.37. The molecule has 0 aliphatic heterocycles. The average molecular weight is 139 g/mol. The number of hydrogen-bond acceptors (Lipinski definition) is 3. The minimum absolute atomic E-state index is 0. The van der Waals surface area contributed by atoms with Gasteiger partial charge >= 0.3 is 18.2 Å². The van der Waals surface area contributed by atoms with Crippen LogP contribution >= 0.6 is 8.60 Å². The van der Waals surface area contributed by atoms with Gasteiger partial charge in [0.15, 0.2) is 0 Å². The maximum Gasteiger partial charge on any atom is 2.00 e. The van der Waals surface area contributed by atoms with Crippen LogP contribution in [0.15, 0.2) is 0 Å². The van der Waals surface area contributed by atoms with E-state index < -0.39 is 8.60 Å². The fourth-order valence-corrected chi connectivity index (χ4v) is 0. The summed E-state index contributed by atoms with van der Waals surface area (Å²) >= 11 is 0. The smallest absolute Gasteiger partial charge is 0.854 e. The first kappa shape index (κ1) is 9.26. The van der Waals surface area contributed by atoms with Crippen LogP contribution in [0.5, 0.6) is 0 Å². The molecule has 0 aliphatic rings. The molecule has 0 rings (SSSR count). The SMILES string of the molecule is [Co+2].[H+].[O-]P([O-])[O-]. The van der Waals surface area contributed by atoms with Gasteiger partial charge in [-0.05, 0) is 0 Å². The normalized spacial score (nSPS) is 7.20. The zero-order valence-electron chi connectivity index (χ0n) is 3.01. The zero-order chi connectivity index (χ0) is 3.58. The number of hydrogen-bond donors (Lipinski definition) is 0. The van der Waals surface area contributed by atoms with E-state index in [4.69, 9.17) is 14.7 Å². The van der Waals surface area contributed by atoms with Gasteiger partial charge in [-0.25, -0.2) is 0 Å². The summed E-state index contributed by atoms with van der Waals surface area (Å²) in [5.41, 5.74) is 0. The maximum absolute atomic E-state index is 8.48. The van der Waals surface area contributed by atoms with Crippen LogP contribution in [-0.4, -0.2) is 0 Å². The van der Waals surface area contributed by atoms with Crippen LogP contribution in [0.3, 0.4) is 0 Å². The van der Waals surface area contributed by atoms with Gasteiger partial charge in [0.25, 0.3) is 0 Å². The Bertz CT molecular complexity index is 15.5.